The first-order chi connectivity index (χ1) is 12.0. The number of esters is 1. The molecule has 0 aliphatic rings. The standard InChI is InChI=1S/C20H22ClNO3/c1-14(2)12-18(15-8-4-3-5-9-15)22-19(23)13-25-20(24)16-10-6-7-11-17(16)21/h3-11,14,18H,12-13H2,1-2H3,(H,22,23)/t18-/m1/s1. The summed E-state index contributed by atoms with van der Waals surface area (Å²) in [4.78, 5) is 24.2. The van der Waals surface area contributed by atoms with Crippen molar-refractivity contribution in [3.8, 4) is 0 Å². The molecule has 0 saturated carbocycles. The molecule has 0 saturated heterocycles. The Morgan fingerprint density at radius 1 is 1.04 bits per heavy atom. The Morgan fingerprint density at radius 2 is 1.68 bits per heavy atom. The number of hydrogen-bond acceptors (Lipinski definition) is 3. The SMILES string of the molecule is CC(C)C[C@@H](NC(=O)COC(=O)c1ccccc1Cl)c1ccccc1. The van der Waals surface area contributed by atoms with E-state index in [0.717, 1.165) is 12.0 Å². The molecule has 2 rings (SSSR count). The highest BCUT2D eigenvalue weighted by Gasteiger charge is 2.18. The van der Waals surface area contributed by atoms with Crippen LogP contribution >= 0.6 is 11.6 Å². The molecule has 0 aromatic heterocycles. The first kappa shape index (κ1) is 19.0. The summed E-state index contributed by atoms with van der Waals surface area (Å²) in [5, 5.41) is 3.24. The van der Waals surface area contributed by atoms with E-state index >= 15 is 0 Å². The van der Waals surface area contributed by atoms with Gasteiger partial charge in [-0.15, -0.1) is 0 Å². The number of carbonyl (C=O) groups excluding carboxylic acids is 2. The molecule has 0 fully saturated rings. The molecule has 0 spiro atoms. The van der Waals surface area contributed by atoms with Gasteiger partial charge in [-0.25, -0.2) is 4.79 Å². The number of hydrogen-bond donors (Lipinski definition) is 1. The van der Waals surface area contributed by atoms with Crippen molar-refractivity contribution >= 4 is 23.5 Å². The number of rotatable bonds is 7. The first-order valence-electron chi connectivity index (χ1n) is 8.23. The fourth-order valence-electron chi connectivity index (χ4n) is 2.51. The Kier molecular flexibility index (Phi) is 7.02. The van der Waals surface area contributed by atoms with Gasteiger partial charge in [0.25, 0.3) is 5.91 Å². The van der Waals surface area contributed by atoms with Gasteiger partial charge in [-0.3, -0.25) is 4.79 Å². The molecular formula is C20H22ClNO3. The van der Waals surface area contributed by atoms with Crippen molar-refractivity contribution in [2.45, 2.75) is 26.3 Å². The zero-order valence-corrected chi connectivity index (χ0v) is 15.1. The minimum atomic E-state index is -0.610. The molecule has 1 atom stereocenters. The normalized spacial score (nSPS) is 11.8. The molecule has 1 N–H and O–H groups in total. The number of carbonyl (C=O) groups is 2. The van der Waals surface area contributed by atoms with Gasteiger partial charge in [0.05, 0.1) is 16.6 Å². The predicted octanol–water partition coefficient (Wildman–Crippen LogP) is 4.40. The monoisotopic (exact) mass is 359 g/mol. The minimum absolute atomic E-state index is 0.118. The third kappa shape index (κ3) is 5.91. The Bertz CT molecular complexity index is 716. The summed E-state index contributed by atoms with van der Waals surface area (Å²) in [5.41, 5.74) is 1.28. The van der Waals surface area contributed by atoms with E-state index < -0.39 is 5.97 Å². The molecule has 5 heteroatoms. The van der Waals surface area contributed by atoms with Crippen molar-refractivity contribution in [1.82, 2.24) is 5.32 Å². The fraction of sp³-hybridized carbons (Fsp3) is 0.300. The molecule has 0 unspecified atom stereocenters. The van der Waals surface area contributed by atoms with Crippen LogP contribution in [0.1, 0.15) is 42.2 Å². The zero-order valence-electron chi connectivity index (χ0n) is 14.4. The van der Waals surface area contributed by atoms with Crippen LogP contribution in [0.2, 0.25) is 5.02 Å². The van der Waals surface area contributed by atoms with Crippen molar-refractivity contribution in [3.05, 3.63) is 70.7 Å². The lowest BCUT2D eigenvalue weighted by molar-refractivity contribution is -0.125. The van der Waals surface area contributed by atoms with Crippen LogP contribution in [0.25, 0.3) is 0 Å². The Hall–Kier alpha value is -2.33. The van der Waals surface area contributed by atoms with Crippen LogP contribution in [0.15, 0.2) is 54.6 Å². The highest BCUT2D eigenvalue weighted by Crippen LogP contribution is 2.21. The van der Waals surface area contributed by atoms with Gasteiger partial charge in [-0.05, 0) is 30.0 Å². The molecule has 132 valence electrons. The summed E-state index contributed by atoms with van der Waals surface area (Å²) in [6.07, 6.45) is 0.800. The molecule has 2 aromatic rings. The third-order valence-corrected chi connectivity index (χ3v) is 4.00. The molecule has 1 amide bonds. The lowest BCUT2D eigenvalue weighted by Crippen LogP contribution is -2.33. The van der Waals surface area contributed by atoms with Gasteiger partial charge in [0.15, 0.2) is 6.61 Å². The van der Waals surface area contributed by atoms with Crippen LogP contribution in [0.5, 0.6) is 0 Å². The zero-order chi connectivity index (χ0) is 18.2. The van der Waals surface area contributed by atoms with E-state index in [9.17, 15) is 9.59 Å². The quantitative estimate of drug-likeness (QED) is 0.745. The summed E-state index contributed by atoms with van der Waals surface area (Å²) in [6, 6.07) is 16.2. The second kappa shape index (κ2) is 9.23. The van der Waals surface area contributed by atoms with Crippen LogP contribution in [0.3, 0.4) is 0 Å². The lowest BCUT2D eigenvalue weighted by atomic mass is 9.97. The average Bonchev–Trinajstić information content (AvgIpc) is 2.60. The second-order valence-electron chi connectivity index (χ2n) is 6.22. The summed E-state index contributed by atoms with van der Waals surface area (Å²) in [7, 11) is 0. The van der Waals surface area contributed by atoms with Gasteiger partial charge >= 0.3 is 5.97 Å². The number of nitrogens with one attached hydrogen (secondary N) is 1. The van der Waals surface area contributed by atoms with Crippen molar-refractivity contribution in [2.75, 3.05) is 6.61 Å². The highest BCUT2D eigenvalue weighted by molar-refractivity contribution is 6.33. The maximum Gasteiger partial charge on any atom is 0.340 e. The van der Waals surface area contributed by atoms with E-state index in [2.05, 4.69) is 19.2 Å². The van der Waals surface area contributed by atoms with Gasteiger partial charge in [0.1, 0.15) is 0 Å². The van der Waals surface area contributed by atoms with Gasteiger partial charge in [-0.2, -0.15) is 0 Å². The van der Waals surface area contributed by atoms with E-state index in [4.69, 9.17) is 16.3 Å². The maximum atomic E-state index is 12.2. The van der Waals surface area contributed by atoms with Crippen LogP contribution in [-0.4, -0.2) is 18.5 Å². The number of ether oxygens (including phenoxy) is 1. The molecule has 0 heterocycles. The lowest BCUT2D eigenvalue weighted by Gasteiger charge is -2.21. The molecule has 4 nitrogen and oxygen atoms in total. The van der Waals surface area contributed by atoms with Crippen molar-refractivity contribution in [3.63, 3.8) is 0 Å². The maximum absolute atomic E-state index is 12.2. The largest absolute Gasteiger partial charge is 0.452 e. The minimum Gasteiger partial charge on any atom is -0.452 e. The van der Waals surface area contributed by atoms with Gasteiger partial charge in [-0.1, -0.05) is 67.9 Å². The Balaban J connectivity index is 1.95. The number of benzene rings is 2. The molecule has 25 heavy (non-hydrogen) atoms. The predicted molar refractivity (Wildman–Crippen MR) is 98.5 cm³/mol. The molecule has 0 radical (unpaired) electrons. The molecule has 2 aromatic carbocycles. The fourth-order valence-corrected chi connectivity index (χ4v) is 2.72. The third-order valence-electron chi connectivity index (χ3n) is 3.67. The van der Waals surface area contributed by atoms with Crippen molar-refractivity contribution in [1.29, 1.82) is 0 Å². The van der Waals surface area contributed by atoms with Gasteiger partial charge in [0, 0.05) is 0 Å². The van der Waals surface area contributed by atoms with Gasteiger partial charge < -0.3 is 10.1 Å². The topological polar surface area (TPSA) is 55.4 Å². The summed E-state index contributed by atoms with van der Waals surface area (Å²) in [6.45, 7) is 3.85. The second-order valence-corrected chi connectivity index (χ2v) is 6.62. The first-order valence-corrected chi connectivity index (χ1v) is 8.61. The average molecular weight is 360 g/mol. The van der Waals surface area contributed by atoms with Crippen molar-refractivity contribution < 1.29 is 14.3 Å². The summed E-state index contributed by atoms with van der Waals surface area (Å²) >= 11 is 5.95. The summed E-state index contributed by atoms with van der Waals surface area (Å²) < 4.78 is 5.08. The van der Waals surface area contributed by atoms with E-state index in [1.807, 2.05) is 30.3 Å². The van der Waals surface area contributed by atoms with Crippen LogP contribution in [0, 0.1) is 5.92 Å². The van der Waals surface area contributed by atoms with E-state index in [0.29, 0.717) is 10.9 Å². The summed E-state index contributed by atoms with van der Waals surface area (Å²) in [5.74, 6) is -0.535. The van der Waals surface area contributed by atoms with E-state index in [1.54, 1.807) is 24.3 Å². The molecular weight excluding hydrogens is 338 g/mol. The van der Waals surface area contributed by atoms with E-state index in [1.165, 1.54) is 0 Å². The van der Waals surface area contributed by atoms with Crippen molar-refractivity contribution in [2.24, 2.45) is 5.92 Å². The highest BCUT2D eigenvalue weighted by atomic mass is 35.5. The smallest absolute Gasteiger partial charge is 0.340 e. The molecule has 0 aliphatic carbocycles. The van der Waals surface area contributed by atoms with Crippen LogP contribution < -0.4 is 5.32 Å². The Morgan fingerprint density at radius 3 is 2.32 bits per heavy atom. The molecule has 0 aliphatic heterocycles. The molecule has 0 bridgehead atoms. The van der Waals surface area contributed by atoms with Crippen LogP contribution in [0.4, 0.5) is 0 Å². The van der Waals surface area contributed by atoms with Crippen LogP contribution in [-0.2, 0) is 9.53 Å². The number of halogens is 1. The van der Waals surface area contributed by atoms with Gasteiger partial charge in [0.2, 0.25) is 0 Å². The van der Waals surface area contributed by atoms with E-state index in [-0.39, 0.29) is 24.1 Å². The Labute approximate surface area is 153 Å². The number of amides is 1.